The normalized spacial score (nSPS) is 17.2. The Morgan fingerprint density at radius 1 is 0.872 bits per heavy atom. The second kappa shape index (κ2) is 14.4. The molecule has 0 amide bonds. The second-order valence-electron chi connectivity index (χ2n) is 10.4. The van der Waals surface area contributed by atoms with Crippen LogP contribution in [0.3, 0.4) is 0 Å². The van der Waals surface area contributed by atoms with Crippen molar-refractivity contribution in [3.8, 4) is 28.0 Å². The summed E-state index contributed by atoms with van der Waals surface area (Å²) in [5.41, 5.74) is 2.93. The minimum atomic E-state index is -0.971. The molecule has 4 rings (SSSR count). The molecule has 1 fully saturated rings. The van der Waals surface area contributed by atoms with Crippen LogP contribution in [0, 0.1) is 17.5 Å². The predicted octanol–water partition coefficient (Wildman–Crippen LogP) is 10.0. The molecule has 1 saturated heterocycles. The van der Waals surface area contributed by atoms with Crippen LogP contribution in [0.1, 0.15) is 76.2 Å². The van der Waals surface area contributed by atoms with Crippen molar-refractivity contribution in [3.63, 3.8) is 0 Å². The third-order valence-electron chi connectivity index (χ3n) is 7.58. The Kier molecular flexibility index (Phi) is 10.7. The number of hydrogen-bond acceptors (Lipinski definition) is 2. The zero-order valence-corrected chi connectivity index (χ0v) is 22.9. The summed E-state index contributed by atoms with van der Waals surface area (Å²) in [4.78, 5) is 0. The van der Waals surface area contributed by atoms with Crippen LogP contribution < -0.4 is 4.74 Å². The second-order valence-corrected chi connectivity index (χ2v) is 10.4. The average Bonchev–Trinajstić information content (AvgIpc) is 2.96. The lowest BCUT2D eigenvalue weighted by atomic mass is 9.89. The Hall–Kier alpha value is -3.05. The van der Waals surface area contributed by atoms with Gasteiger partial charge >= 0.3 is 0 Å². The largest absolute Gasteiger partial charge is 0.490 e. The van der Waals surface area contributed by atoms with Crippen LogP contribution in [-0.4, -0.2) is 19.3 Å². The molecule has 208 valence electrons. The molecule has 1 aliphatic rings. The minimum Gasteiger partial charge on any atom is -0.490 e. The van der Waals surface area contributed by atoms with Gasteiger partial charge in [-0.1, -0.05) is 75.1 Å². The van der Waals surface area contributed by atoms with E-state index in [1.807, 2.05) is 18.2 Å². The van der Waals surface area contributed by atoms with Crippen molar-refractivity contribution in [1.82, 2.24) is 0 Å². The van der Waals surface area contributed by atoms with Gasteiger partial charge in [0.1, 0.15) is 5.82 Å². The molecule has 2 atom stereocenters. The van der Waals surface area contributed by atoms with Crippen LogP contribution >= 0.6 is 0 Å². The van der Waals surface area contributed by atoms with Gasteiger partial charge in [0.25, 0.3) is 0 Å². The van der Waals surface area contributed by atoms with E-state index in [0.29, 0.717) is 24.3 Å². The summed E-state index contributed by atoms with van der Waals surface area (Å²) in [5, 5.41) is 0. The minimum absolute atomic E-state index is 0.0484. The molecule has 2 nitrogen and oxygen atoms in total. The van der Waals surface area contributed by atoms with Crippen molar-refractivity contribution >= 4 is 0 Å². The summed E-state index contributed by atoms with van der Waals surface area (Å²) >= 11 is 0. The molecule has 0 radical (unpaired) electrons. The molecule has 0 saturated carbocycles. The number of benzene rings is 3. The van der Waals surface area contributed by atoms with Crippen LogP contribution in [0.2, 0.25) is 0 Å². The highest BCUT2D eigenvalue weighted by Crippen LogP contribution is 2.35. The molecule has 1 aliphatic heterocycles. The molecule has 0 aliphatic carbocycles. The van der Waals surface area contributed by atoms with E-state index >= 15 is 4.39 Å². The van der Waals surface area contributed by atoms with Gasteiger partial charge in [-0.25, -0.2) is 8.78 Å². The monoisotopic (exact) mass is 536 g/mol. The highest BCUT2D eigenvalue weighted by Gasteiger charge is 2.25. The van der Waals surface area contributed by atoms with Gasteiger partial charge in [-0.2, -0.15) is 4.39 Å². The van der Waals surface area contributed by atoms with Crippen molar-refractivity contribution in [2.24, 2.45) is 0 Å². The Labute approximate surface area is 230 Å². The van der Waals surface area contributed by atoms with Crippen molar-refractivity contribution in [2.45, 2.75) is 76.7 Å². The van der Waals surface area contributed by atoms with E-state index in [1.54, 1.807) is 36.4 Å². The van der Waals surface area contributed by atoms with Crippen molar-refractivity contribution in [2.75, 3.05) is 13.2 Å². The molecule has 39 heavy (non-hydrogen) atoms. The Morgan fingerprint density at radius 2 is 1.62 bits per heavy atom. The quantitative estimate of drug-likeness (QED) is 0.160. The van der Waals surface area contributed by atoms with Crippen LogP contribution in [0.4, 0.5) is 13.2 Å². The van der Waals surface area contributed by atoms with Crippen LogP contribution in [0.15, 0.2) is 67.3 Å². The number of hydrogen-bond donors (Lipinski definition) is 0. The van der Waals surface area contributed by atoms with Crippen molar-refractivity contribution < 1.29 is 22.6 Å². The van der Waals surface area contributed by atoms with Gasteiger partial charge in [-0.3, -0.25) is 0 Å². The van der Waals surface area contributed by atoms with Gasteiger partial charge in [0.05, 0.1) is 19.3 Å². The predicted molar refractivity (Wildman–Crippen MR) is 153 cm³/mol. The van der Waals surface area contributed by atoms with Crippen LogP contribution in [0.5, 0.6) is 5.75 Å². The standard InChI is InChI=1S/C34H39F3O2/c1-3-5-7-8-9-21-38-32-20-19-30(33(36)34(32)37)25-13-11-24(12-14-25)26-16-18-29(31(35)22-26)27-15-17-28(39-23-27)10-6-4-2/h4,11-14,16,18-20,22,27-28H,2-3,5-10,15,17,21,23H2,1H3. The van der Waals surface area contributed by atoms with Gasteiger partial charge in [0.2, 0.25) is 5.82 Å². The fourth-order valence-corrected chi connectivity index (χ4v) is 5.22. The van der Waals surface area contributed by atoms with Crippen molar-refractivity contribution in [3.05, 3.63) is 90.3 Å². The number of ether oxygens (including phenoxy) is 2. The van der Waals surface area contributed by atoms with E-state index in [0.717, 1.165) is 62.5 Å². The number of unbranched alkanes of at least 4 members (excludes halogenated alkanes) is 4. The van der Waals surface area contributed by atoms with E-state index in [1.165, 1.54) is 12.5 Å². The first-order valence-corrected chi connectivity index (χ1v) is 14.2. The summed E-state index contributed by atoms with van der Waals surface area (Å²) in [6.45, 7) is 6.80. The lowest BCUT2D eigenvalue weighted by Gasteiger charge is -2.29. The Bertz CT molecular complexity index is 1210. The summed E-state index contributed by atoms with van der Waals surface area (Å²) in [6, 6.07) is 15.4. The Morgan fingerprint density at radius 3 is 2.31 bits per heavy atom. The fraction of sp³-hybridized carbons (Fsp3) is 0.412. The third kappa shape index (κ3) is 7.54. The van der Waals surface area contributed by atoms with Gasteiger partial charge in [-0.05, 0) is 72.6 Å². The first kappa shape index (κ1) is 28.9. The average molecular weight is 537 g/mol. The molecule has 0 spiro atoms. The highest BCUT2D eigenvalue weighted by atomic mass is 19.2. The number of halogens is 3. The van der Waals surface area contributed by atoms with Crippen LogP contribution in [0.25, 0.3) is 22.3 Å². The lowest BCUT2D eigenvalue weighted by Crippen LogP contribution is -2.25. The molecule has 3 aromatic carbocycles. The topological polar surface area (TPSA) is 18.5 Å². The molecule has 0 aromatic heterocycles. The summed E-state index contributed by atoms with van der Waals surface area (Å²) < 4.78 is 56.1. The first-order valence-electron chi connectivity index (χ1n) is 14.2. The van der Waals surface area contributed by atoms with E-state index in [-0.39, 0.29) is 29.2 Å². The van der Waals surface area contributed by atoms with Gasteiger partial charge in [-0.15, -0.1) is 6.58 Å². The molecular formula is C34H39F3O2. The highest BCUT2D eigenvalue weighted by molar-refractivity contribution is 5.71. The maximum Gasteiger partial charge on any atom is 0.201 e. The van der Waals surface area contributed by atoms with E-state index in [9.17, 15) is 8.78 Å². The fourth-order valence-electron chi connectivity index (χ4n) is 5.22. The van der Waals surface area contributed by atoms with Crippen molar-refractivity contribution in [1.29, 1.82) is 0 Å². The zero-order chi connectivity index (χ0) is 27.6. The molecule has 5 heteroatoms. The van der Waals surface area contributed by atoms with E-state index in [2.05, 4.69) is 13.5 Å². The van der Waals surface area contributed by atoms with Gasteiger partial charge < -0.3 is 9.47 Å². The van der Waals surface area contributed by atoms with Crippen LogP contribution in [-0.2, 0) is 4.74 Å². The molecule has 0 bridgehead atoms. The maximum absolute atomic E-state index is 15.1. The van der Waals surface area contributed by atoms with E-state index in [4.69, 9.17) is 9.47 Å². The number of allylic oxidation sites excluding steroid dienone is 1. The Balaban J connectivity index is 1.39. The zero-order valence-electron chi connectivity index (χ0n) is 22.9. The van der Waals surface area contributed by atoms with Gasteiger partial charge in [0, 0.05) is 11.5 Å². The number of rotatable bonds is 13. The molecule has 1 heterocycles. The first-order chi connectivity index (χ1) is 19.0. The lowest BCUT2D eigenvalue weighted by molar-refractivity contribution is -0.000784. The molecular weight excluding hydrogens is 497 g/mol. The summed E-state index contributed by atoms with van der Waals surface area (Å²) in [7, 11) is 0. The third-order valence-corrected chi connectivity index (χ3v) is 7.58. The summed E-state index contributed by atoms with van der Waals surface area (Å²) in [5.74, 6) is -2.16. The SMILES string of the molecule is C=CCCC1CCC(c2ccc(-c3ccc(-c4ccc(OCCCCCCC)c(F)c4F)cc3)cc2F)CO1. The molecule has 2 unspecified atom stereocenters. The smallest absolute Gasteiger partial charge is 0.201 e. The van der Waals surface area contributed by atoms with Gasteiger partial charge in [0.15, 0.2) is 11.6 Å². The summed E-state index contributed by atoms with van der Waals surface area (Å²) in [6.07, 6.45) is 11.1. The van der Waals surface area contributed by atoms with E-state index < -0.39 is 11.6 Å². The maximum atomic E-state index is 15.1. The molecule has 3 aromatic rings. The molecule has 0 N–H and O–H groups in total.